The average molecular weight is 312 g/mol. The van der Waals surface area contributed by atoms with Gasteiger partial charge < -0.3 is 10.4 Å². The molecule has 6 heteroatoms. The van der Waals surface area contributed by atoms with E-state index in [9.17, 15) is 4.39 Å². The Morgan fingerprint density at radius 1 is 1.33 bits per heavy atom. The van der Waals surface area contributed by atoms with E-state index < -0.39 is 0 Å². The SMILES string of the molecule is CCN(CCO)CCNc1ccc2c(Cl)ccnc2c1F. The Morgan fingerprint density at radius 2 is 2.14 bits per heavy atom. The van der Waals surface area contributed by atoms with E-state index in [0.29, 0.717) is 29.2 Å². The summed E-state index contributed by atoms with van der Waals surface area (Å²) >= 11 is 6.02. The number of nitrogens with zero attached hydrogens (tertiary/aromatic N) is 2. The van der Waals surface area contributed by atoms with Crippen molar-refractivity contribution in [3.63, 3.8) is 0 Å². The van der Waals surface area contributed by atoms with Crippen LogP contribution in [0.1, 0.15) is 6.92 Å². The van der Waals surface area contributed by atoms with Crippen LogP contribution in [0.5, 0.6) is 0 Å². The van der Waals surface area contributed by atoms with Gasteiger partial charge in [-0.05, 0) is 24.7 Å². The molecular formula is C15H19ClFN3O. The third kappa shape index (κ3) is 3.81. The number of aliphatic hydroxyl groups excluding tert-OH is 1. The maximum atomic E-state index is 14.4. The predicted octanol–water partition coefficient (Wildman–Crippen LogP) is 2.75. The van der Waals surface area contributed by atoms with E-state index in [0.717, 1.165) is 13.1 Å². The molecule has 1 aromatic carbocycles. The fourth-order valence-electron chi connectivity index (χ4n) is 2.21. The van der Waals surface area contributed by atoms with Crippen molar-refractivity contribution >= 4 is 28.2 Å². The van der Waals surface area contributed by atoms with Crippen LogP contribution in [0.2, 0.25) is 5.02 Å². The van der Waals surface area contributed by atoms with E-state index in [1.807, 2.05) is 6.92 Å². The minimum absolute atomic E-state index is 0.126. The Bertz CT molecular complexity index is 609. The standard InChI is InChI=1S/C15H19ClFN3O/c1-2-20(9-10-21)8-7-18-13-4-3-11-12(16)5-6-19-15(11)14(13)17/h3-6,18,21H,2,7-10H2,1H3. The van der Waals surface area contributed by atoms with Crippen LogP contribution in [0.25, 0.3) is 10.9 Å². The van der Waals surface area contributed by atoms with Crippen molar-refractivity contribution in [2.75, 3.05) is 38.1 Å². The minimum atomic E-state index is -0.389. The van der Waals surface area contributed by atoms with E-state index in [-0.39, 0.29) is 17.9 Å². The largest absolute Gasteiger partial charge is 0.395 e. The van der Waals surface area contributed by atoms with Crippen LogP contribution in [0.15, 0.2) is 24.4 Å². The lowest BCUT2D eigenvalue weighted by Gasteiger charge is -2.19. The van der Waals surface area contributed by atoms with Crippen LogP contribution in [0, 0.1) is 5.82 Å². The van der Waals surface area contributed by atoms with Crippen LogP contribution in [-0.4, -0.2) is 47.8 Å². The minimum Gasteiger partial charge on any atom is -0.395 e. The number of likely N-dealkylation sites (N-methyl/N-ethyl adjacent to an activating group) is 1. The zero-order valence-corrected chi connectivity index (χ0v) is 12.7. The van der Waals surface area contributed by atoms with Gasteiger partial charge in [-0.1, -0.05) is 18.5 Å². The summed E-state index contributed by atoms with van der Waals surface area (Å²) in [4.78, 5) is 6.13. The van der Waals surface area contributed by atoms with Gasteiger partial charge in [-0.2, -0.15) is 0 Å². The topological polar surface area (TPSA) is 48.4 Å². The number of benzene rings is 1. The number of fused-ring (bicyclic) bond motifs is 1. The average Bonchev–Trinajstić information content (AvgIpc) is 2.49. The second-order valence-corrected chi connectivity index (χ2v) is 5.11. The third-order valence-electron chi connectivity index (χ3n) is 3.40. The van der Waals surface area contributed by atoms with Crippen molar-refractivity contribution in [2.24, 2.45) is 0 Å². The van der Waals surface area contributed by atoms with Crippen LogP contribution >= 0.6 is 11.6 Å². The maximum absolute atomic E-state index is 14.4. The number of hydrogen-bond donors (Lipinski definition) is 2. The maximum Gasteiger partial charge on any atom is 0.172 e. The number of aliphatic hydroxyl groups is 1. The zero-order chi connectivity index (χ0) is 15.2. The van der Waals surface area contributed by atoms with Crippen molar-refractivity contribution in [3.8, 4) is 0 Å². The highest BCUT2D eigenvalue weighted by Crippen LogP contribution is 2.27. The Balaban J connectivity index is 2.07. The quantitative estimate of drug-likeness (QED) is 0.825. The number of pyridine rings is 1. The molecule has 2 rings (SSSR count). The molecular weight excluding hydrogens is 293 g/mol. The summed E-state index contributed by atoms with van der Waals surface area (Å²) in [5, 5.41) is 13.1. The zero-order valence-electron chi connectivity index (χ0n) is 11.9. The molecule has 0 saturated heterocycles. The molecule has 2 aromatic rings. The highest BCUT2D eigenvalue weighted by atomic mass is 35.5. The normalized spacial score (nSPS) is 11.3. The monoisotopic (exact) mass is 311 g/mol. The van der Waals surface area contributed by atoms with Crippen LogP contribution < -0.4 is 5.32 Å². The number of aromatic nitrogens is 1. The first-order valence-corrected chi connectivity index (χ1v) is 7.35. The molecule has 0 amide bonds. The van der Waals surface area contributed by atoms with E-state index in [1.165, 1.54) is 6.20 Å². The first kappa shape index (κ1) is 15.9. The second-order valence-electron chi connectivity index (χ2n) is 4.70. The van der Waals surface area contributed by atoms with Crippen molar-refractivity contribution in [1.29, 1.82) is 0 Å². The predicted molar refractivity (Wildman–Crippen MR) is 84.4 cm³/mol. The Labute approximate surface area is 128 Å². The summed E-state index contributed by atoms with van der Waals surface area (Å²) in [7, 11) is 0. The van der Waals surface area contributed by atoms with Gasteiger partial charge in [0.05, 0.1) is 17.3 Å². The fourth-order valence-corrected chi connectivity index (χ4v) is 2.41. The van der Waals surface area contributed by atoms with Crippen LogP contribution in [-0.2, 0) is 0 Å². The molecule has 0 aliphatic rings. The summed E-state index contributed by atoms with van der Waals surface area (Å²) < 4.78 is 14.4. The van der Waals surface area contributed by atoms with E-state index in [1.54, 1.807) is 18.2 Å². The van der Waals surface area contributed by atoms with Gasteiger partial charge in [-0.3, -0.25) is 9.88 Å². The molecule has 21 heavy (non-hydrogen) atoms. The molecule has 0 unspecified atom stereocenters. The molecule has 0 aliphatic carbocycles. The third-order valence-corrected chi connectivity index (χ3v) is 3.73. The molecule has 1 aromatic heterocycles. The van der Waals surface area contributed by atoms with Gasteiger partial charge in [0.2, 0.25) is 0 Å². The highest BCUT2D eigenvalue weighted by molar-refractivity contribution is 6.35. The van der Waals surface area contributed by atoms with Crippen LogP contribution in [0.4, 0.5) is 10.1 Å². The van der Waals surface area contributed by atoms with Crippen LogP contribution in [0.3, 0.4) is 0 Å². The lowest BCUT2D eigenvalue weighted by atomic mass is 10.2. The summed E-state index contributed by atoms with van der Waals surface area (Å²) in [6.45, 7) is 4.95. The van der Waals surface area contributed by atoms with Gasteiger partial charge >= 0.3 is 0 Å². The van der Waals surface area contributed by atoms with Crippen molar-refractivity contribution in [3.05, 3.63) is 35.2 Å². The molecule has 0 fully saturated rings. The summed E-state index contributed by atoms with van der Waals surface area (Å²) in [6, 6.07) is 5.08. The molecule has 0 spiro atoms. The number of rotatable bonds is 7. The second kappa shape index (κ2) is 7.54. The van der Waals surface area contributed by atoms with Crippen molar-refractivity contribution in [2.45, 2.75) is 6.92 Å². The molecule has 0 saturated carbocycles. The summed E-state index contributed by atoms with van der Waals surface area (Å²) in [5.74, 6) is -0.389. The van der Waals surface area contributed by atoms with E-state index in [2.05, 4.69) is 15.2 Å². The Morgan fingerprint density at radius 3 is 2.86 bits per heavy atom. The lowest BCUT2D eigenvalue weighted by molar-refractivity contribution is 0.206. The van der Waals surface area contributed by atoms with Gasteiger partial charge in [0.1, 0.15) is 5.52 Å². The summed E-state index contributed by atoms with van der Waals surface area (Å²) in [6.07, 6.45) is 1.50. The van der Waals surface area contributed by atoms with Crippen molar-refractivity contribution < 1.29 is 9.50 Å². The first-order valence-electron chi connectivity index (χ1n) is 6.97. The van der Waals surface area contributed by atoms with Gasteiger partial charge in [0, 0.05) is 31.2 Å². The first-order chi connectivity index (χ1) is 10.2. The number of nitrogens with one attached hydrogen (secondary N) is 1. The molecule has 4 nitrogen and oxygen atoms in total. The smallest absolute Gasteiger partial charge is 0.172 e. The number of anilines is 1. The van der Waals surface area contributed by atoms with Crippen molar-refractivity contribution in [1.82, 2.24) is 9.88 Å². The Hall–Kier alpha value is -1.43. The molecule has 1 heterocycles. The molecule has 0 atom stereocenters. The highest BCUT2D eigenvalue weighted by Gasteiger charge is 2.10. The molecule has 2 N–H and O–H groups in total. The Kier molecular flexibility index (Phi) is 5.73. The van der Waals surface area contributed by atoms with Gasteiger partial charge in [0.15, 0.2) is 5.82 Å². The van der Waals surface area contributed by atoms with E-state index >= 15 is 0 Å². The molecule has 0 bridgehead atoms. The van der Waals surface area contributed by atoms with E-state index in [4.69, 9.17) is 16.7 Å². The lowest BCUT2D eigenvalue weighted by Crippen LogP contribution is -2.31. The fraction of sp³-hybridized carbons (Fsp3) is 0.400. The molecule has 0 radical (unpaired) electrons. The number of hydrogen-bond acceptors (Lipinski definition) is 4. The van der Waals surface area contributed by atoms with Gasteiger partial charge in [-0.25, -0.2) is 4.39 Å². The summed E-state index contributed by atoms with van der Waals surface area (Å²) in [5.41, 5.74) is 0.688. The van der Waals surface area contributed by atoms with Gasteiger partial charge in [0.25, 0.3) is 0 Å². The molecule has 0 aliphatic heterocycles. The van der Waals surface area contributed by atoms with Gasteiger partial charge in [-0.15, -0.1) is 0 Å². The molecule has 114 valence electrons. The number of halogens is 2.